The van der Waals surface area contributed by atoms with E-state index in [1.165, 1.54) is 23.9 Å². The number of carbonyl (C=O) groups excluding carboxylic acids is 1. The van der Waals surface area contributed by atoms with Gasteiger partial charge >= 0.3 is 0 Å². The van der Waals surface area contributed by atoms with Crippen LogP contribution in [0.5, 0.6) is 0 Å². The van der Waals surface area contributed by atoms with Gasteiger partial charge in [-0.15, -0.1) is 5.10 Å². The van der Waals surface area contributed by atoms with Crippen molar-refractivity contribution in [3.8, 4) is 0 Å². The number of ketones is 1. The lowest BCUT2D eigenvalue weighted by Gasteiger charge is -2.32. The molecule has 1 aliphatic carbocycles. The minimum atomic E-state index is -0.417. The fourth-order valence-electron chi connectivity index (χ4n) is 4.04. The zero-order chi connectivity index (χ0) is 22.2. The van der Waals surface area contributed by atoms with E-state index in [4.69, 9.17) is 16.7 Å². The molecule has 2 heterocycles. The number of nitrogens with one attached hydrogen (secondary N) is 1. The van der Waals surface area contributed by atoms with Gasteiger partial charge in [0.2, 0.25) is 11.1 Å². The van der Waals surface area contributed by atoms with E-state index in [0.29, 0.717) is 28.3 Å². The predicted octanol–water partition coefficient (Wildman–Crippen LogP) is 5.15. The third-order valence-electron chi connectivity index (χ3n) is 5.53. The molecule has 162 valence electrons. The minimum absolute atomic E-state index is 0.0595. The summed E-state index contributed by atoms with van der Waals surface area (Å²) < 4.78 is 1.76. The van der Waals surface area contributed by atoms with Crippen LogP contribution >= 0.6 is 23.4 Å². The summed E-state index contributed by atoms with van der Waals surface area (Å²) in [6.45, 7) is 0. The Bertz CT molecular complexity index is 1250. The van der Waals surface area contributed by atoms with Gasteiger partial charge in [-0.25, -0.2) is 4.68 Å². The smallest absolute Gasteiger partial charge is 0.269 e. The van der Waals surface area contributed by atoms with Crippen LogP contribution in [0.25, 0.3) is 0 Å². The number of Topliss-reactive ketones (excluding diaryl/α,β-unsaturated/α-hetero) is 1. The van der Waals surface area contributed by atoms with E-state index in [2.05, 4.69) is 10.3 Å². The number of halogens is 1. The van der Waals surface area contributed by atoms with E-state index in [-0.39, 0.29) is 17.5 Å². The highest BCUT2D eigenvalue weighted by Crippen LogP contribution is 2.41. The molecule has 0 bridgehead atoms. The highest BCUT2D eigenvalue weighted by atomic mass is 35.5. The average Bonchev–Trinajstić information content (AvgIpc) is 3.19. The molecule has 0 radical (unpaired) electrons. The molecule has 0 saturated carbocycles. The van der Waals surface area contributed by atoms with Crippen LogP contribution < -0.4 is 5.32 Å². The summed E-state index contributed by atoms with van der Waals surface area (Å²) in [6.07, 6.45) is 2.11. The Kier molecular flexibility index (Phi) is 5.44. The second-order valence-corrected chi connectivity index (χ2v) is 9.01. The van der Waals surface area contributed by atoms with Gasteiger partial charge in [-0.1, -0.05) is 47.6 Å². The van der Waals surface area contributed by atoms with Gasteiger partial charge < -0.3 is 5.32 Å². The van der Waals surface area contributed by atoms with Gasteiger partial charge in [0, 0.05) is 40.6 Å². The monoisotopic (exact) mass is 467 g/mol. The quantitative estimate of drug-likeness (QED) is 0.314. The molecule has 2 aliphatic rings. The highest BCUT2D eigenvalue weighted by Gasteiger charge is 2.36. The van der Waals surface area contributed by atoms with Crippen molar-refractivity contribution >= 4 is 40.8 Å². The molecule has 2 aromatic carbocycles. The fraction of sp³-hybridized carbons (Fsp3) is 0.227. The Morgan fingerprint density at radius 3 is 2.78 bits per heavy atom. The van der Waals surface area contributed by atoms with Gasteiger partial charge in [0.25, 0.3) is 5.69 Å². The molecule has 0 saturated heterocycles. The number of benzene rings is 2. The van der Waals surface area contributed by atoms with Crippen LogP contribution in [-0.4, -0.2) is 25.5 Å². The number of nitro groups is 1. The molecule has 1 aliphatic heterocycles. The number of hydrogen-bond donors (Lipinski definition) is 1. The van der Waals surface area contributed by atoms with Crippen molar-refractivity contribution in [3.63, 3.8) is 0 Å². The SMILES string of the molecule is O=C1CCCC2=C1[C@H](c1cccc(Cl)c1)n1nc(SCc3ccc([N+](=O)[O-])cc3)nc1N2. The first-order valence-corrected chi connectivity index (χ1v) is 11.5. The van der Waals surface area contributed by atoms with Crippen LogP contribution in [0.3, 0.4) is 0 Å². The first kappa shape index (κ1) is 20.7. The summed E-state index contributed by atoms with van der Waals surface area (Å²) in [4.78, 5) is 27.9. The van der Waals surface area contributed by atoms with Crippen LogP contribution in [0.2, 0.25) is 5.02 Å². The molecule has 1 aromatic heterocycles. The first-order valence-electron chi connectivity index (χ1n) is 10.1. The standard InChI is InChI=1S/C22H18ClN5O3S/c23-15-4-1-3-14(11-15)20-19-17(5-2-6-18(19)29)24-21-25-22(26-27(20)21)32-12-13-7-9-16(10-8-13)28(30)31/h1,3-4,7-11,20H,2,5-6,12H2,(H,24,25,26)/t20-/m0/s1. The van der Waals surface area contributed by atoms with Crippen molar-refractivity contribution in [1.29, 1.82) is 0 Å². The van der Waals surface area contributed by atoms with E-state index in [1.807, 2.05) is 18.2 Å². The first-order chi connectivity index (χ1) is 15.5. The van der Waals surface area contributed by atoms with Crippen molar-refractivity contribution < 1.29 is 9.72 Å². The lowest BCUT2D eigenvalue weighted by atomic mass is 9.85. The number of rotatable bonds is 5. The summed E-state index contributed by atoms with van der Waals surface area (Å²) in [7, 11) is 0. The summed E-state index contributed by atoms with van der Waals surface area (Å²) in [5.41, 5.74) is 3.50. The van der Waals surface area contributed by atoms with Crippen molar-refractivity contribution in [2.75, 3.05) is 5.32 Å². The Balaban J connectivity index is 1.45. The predicted molar refractivity (Wildman–Crippen MR) is 122 cm³/mol. The molecular formula is C22H18ClN5O3S. The molecule has 0 fully saturated rings. The van der Waals surface area contributed by atoms with E-state index >= 15 is 0 Å². The Morgan fingerprint density at radius 1 is 1.22 bits per heavy atom. The van der Waals surface area contributed by atoms with E-state index < -0.39 is 4.92 Å². The number of carbonyl (C=O) groups is 1. The molecule has 1 N–H and O–H groups in total. The van der Waals surface area contributed by atoms with Gasteiger partial charge in [-0.2, -0.15) is 4.98 Å². The van der Waals surface area contributed by atoms with Crippen LogP contribution in [0, 0.1) is 10.1 Å². The second-order valence-electron chi connectivity index (χ2n) is 7.63. The topological polar surface area (TPSA) is 103 Å². The van der Waals surface area contributed by atoms with Gasteiger partial charge in [0.1, 0.15) is 6.04 Å². The normalized spacial score (nSPS) is 17.5. The minimum Gasteiger partial charge on any atom is -0.328 e. The summed E-state index contributed by atoms with van der Waals surface area (Å²) in [5.74, 6) is 1.27. The molecule has 5 rings (SSSR count). The van der Waals surface area contributed by atoms with Crippen LogP contribution in [0.4, 0.5) is 11.6 Å². The molecule has 0 amide bonds. The van der Waals surface area contributed by atoms with Crippen molar-refractivity contribution in [1.82, 2.24) is 14.8 Å². The van der Waals surface area contributed by atoms with Crippen LogP contribution in [0.15, 0.2) is 65.0 Å². The largest absolute Gasteiger partial charge is 0.328 e. The Labute approximate surface area is 192 Å². The molecule has 0 unspecified atom stereocenters. The number of fused-ring (bicyclic) bond motifs is 1. The molecule has 32 heavy (non-hydrogen) atoms. The zero-order valence-corrected chi connectivity index (χ0v) is 18.4. The Morgan fingerprint density at radius 2 is 2.03 bits per heavy atom. The number of allylic oxidation sites excluding steroid dienone is 2. The zero-order valence-electron chi connectivity index (χ0n) is 16.8. The van der Waals surface area contributed by atoms with Crippen molar-refractivity contribution in [2.24, 2.45) is 0 Å². The van der Waals surface area contributed by atoms with Crippen molar-refractivity contribution in [2.45, 2.75) is 36.2 Å². The maximum Gasteiger partial charge on any atom is 0.269 e. The number of hydrogen-bond acceptors (Lipinski definition) is 7. The number of thioether (sulfide) groups is 1. The summed E-state index contributed by atoms with van der Waals surface area (Å²) in [6, 6.07) is 13.5. The van der Waals surface area contributed by atoms with E-state index in [1.54, 1.807) is 22.9 Å². The molecule has 0 spiro atoms. The molecule has 1 atom stereocenters. The molecule has 10 heteroatoms. The fourth-order valence-corrected chi connectivity index (χ4v) is 5.03. The van der Waals surface area contributed by atoms with E-state index in [0.717, 1.165) is 35.2 Å². The maximum absolute atomic E-state index is 12.9. The summed E-state index contributed by atoms with van der Waals surface area (Å²) in [5, 5.41) is 20.0. The molecular weight excluding hydrogens is 450 g/mol. The van der Waals surface area contributed by atoms with E-state index in [9.17, 15) is 14.9 Å². The molecule has 3 aromatic rings. The maximum atomic E-state index is 12.9. The molecule has 8 nitrogen and oxygen atoms in total. The van der Waals surface area contributed by atoms with Gasteiger partial charge in [-0.3, -0.25) is 14.9 Å². The average molecular weight is 468 g/mol. The van der Waals surface area contributed by atoms with Gasteiger partial charge in [-0.05, 0) is 36.1 Å². The second kappa shape index (κ2) is 8.40. The number of aromatic nitrogens is 3. The number of anilines is 1. The van der Waals surface area contributed by atoms with Crippen molar-refractivity contribution in [3.05, 3.63) is 86.1 Å². The number of nitrogens with zero attached hydrogens (tertiary/aromatic N) is 4. The third-order valence-corrected chi connectivity index (χ3v) is 6.67. The van der Waals surface area contributed by atoms with Gasteiger partial charge in [0.05, 0.1) is 4.92 Å². The summed E-state index contributed by atoms with van der Waals surface area (Å²) >= 11 is 7.68. The van der Waals surface area contributed by atoms with Crippen LogP contribution in [0.1, 0.15) is 36.4 Å². The highest BCUT2D eigenvalue weighted by molar-refractivity contribution is 7.98. The van der Waals surface area contributed by atoms with Gasteiger partial charge in [0.15, 0.2) is 5.78 Å². The lowest BCUT2D eigenvalue weighted by molar-refractivity contribution is -0.384. The number of non-ortho nitro benzene ring substituents is 1. The Hall–Kier alpha value is -3.17. The lowest BCUT2D eigenvalue weighted by Crippen LogP contribution is -2.31. The number of nitro benzene ring substituents is 1. The third kappa shape index (κ3) is 3.89. The van der Waals surface area contributed by atoms with Crippen LogP contribution in [-0.2, 0) is 10.5 Å².